The lowest BCUT2D eigenvalue weighted by atomic mass is 9.90. The summed E-state index contributed by atoms with van der Waals surface area (Å²) in [6.45, 7) is 9.30. The first-order chi connectivity index (χ1) is 20.0. The van der Waals surface area contributed by atoms with Gasteiger partial charge in [-0.05, 0) is 40.8 Å². The lowest BCUT2D eigenvalue weighted by Gasteiger charge is -2.43. The monoisotopic (exact) mass is 559 g/mol. The van der Waals surface area contributed by atoms with Crippen molar-refractivity contribution in [2.45, 2.75) is 45.5 Å². The van der Waals surface area contributed by atoms with E-state index in [0.717, 1.165) is 66.2 Å². The maximum absolute atomic E-state index is 11.8. The van der Waals surface area contributed by atoms with Crippen molar-refractivity contribution in [1.29, 1.82) is 0 Å². The van der Waals surface area contributed by atoms with Crippen LogP contribution in [0.15, 0.2) is 72.8 Å². The first-order valence-electron chi connectivity index (χ1n) is 14.6. The third-order valence-corrected chi connectivity index (χ3v) is 7.90. The number of nitrogens with zero attached hydrogens (tertiary/aromatic N) is 1. The number of morpholine rings is 1. The van der Waals surface area contributed by atoms with Crippen LogP contribution in [0.2, 0.25) is 0 Å². The predicted octanol–water partition coefficient (Wildman–Crippen LogP) is 4.79. The number of urea groups is 1. The van der Waals surface area contributed by atoms with Crippen LogP contribution in [0.25, 0.3) is 11.1 Å². The Hall–Kier alpha value is -3.27. The van der Waals surface area contributed by atoms with E-state index >= 15 is 0 Å². The van der Waals surface area contributed by atoms with Gasteiger partial charge in [0.25, 0.3) is 0 Å². The molecule has 41 heavy (non-hydrogen) atoms. The Morgan fingerprint density at radius 3 is 2.34 bits per heavy atom. The minimum atomic E-state index is -0.499. The first-order valence-corrected chi connectivity index (χ1v) is 14.6. The van der Waals surface area contributed by atoms with Gasteiger partial charge < -0.3 is 30.0 Å². The van der Waals surface area contributed by atoms with Crippen molar-refractivity contribution in [2.75, 3.05) is 39.4 Å². The fourth-order valence-electron chi connectivity index (χ4n) is 5.47. The van der Waals surface area contributed by atoms with Gasteiger partial charge in [0.15, 0.2) is 6.29 Å². The summed E-state index contributed by atoms with van der Waals surface area (Å²) >= 11 is 0. The molecule has 218 valence electrons. The first kappa shape index (κ1) is 29.2. The van der Waals surface area contributed by atoms with Crippen molar-refractivity contribution < 1.29 is 24.1 Å². The van der Waals surface area contributed by atoms with Crippen LogP contribution in [0.4, 0.5) is 4.79 Å². The molecular formula is C33H41N3O5. The molecule has 0 unspecified atom stereocenters. The molecule has 0 aliphatic carbocycles. The molecule has 8 nitrogen and oxygen atoms in total. The maximum Gasteiger partial charge on any atom is 0.315 e. The Balaban J connectivity index is 1.33. The van der Waals surface area contributed by atoms with Gasteiger partial charge in [0.2, 0.25) is 0 Å². The van der Waals surface area contributed by atoms with Gasteiger partial charge >= 0.3 is 6.03 Å². The molecule has 0 spiro atoms. The molecule has 4 atom stereocenters. The van der Waals surface area contributed by atoms with Gasteiger partial charge in [0, 0.05) is 44.2 Å². The van der Waals surface area contributed by atoms with E-state index in [1.807, 2.05) is 31.2 Å². The molecule has 0 bridgehead atoms. The zero-order chi connectivity index (χ0) is 28.6. The minimum absolute atomic E-state index is 0.0110. The smallest absolute Gasteiger partial charge is 0.315 e. The highest BCUT2D eigenvalue weighted by molar-refractivity contribution is 5.73. The van der Waals surface area contributed by atoms with Gasteiger partial charge in [-0.25, -0.2) is 4.79 Å². The Bertz CT molecular complexity index is 1260. The van der Waals surface area contributed by atoms with Gasteiger partial charge in [0.1, 0.15) is 0 Å². The normalized spacial score (nSPS) is 23.2. The second-order valence-electron chi connectivity index (χ2n) is 10.8. The topological polar surface area (TPSA) is 92.3 Å². The molecule has 0 radical (unpaired) electrons. The Morgan fingerprint density at radius 1 is 0.902 bits per heavy atom. The summed E-state index contributed by atoms with van der Waals surface area (Å²) in [6, 6.07) is 24.4. The number of carbonyl (C=O) groups excluding carboxylic acids is 1. The SMILES string of the molecule is CCNC(=O)NCc1cccc(-c2ccc([C@H]3O[C@@H](CN4CCOCC4)[C@@H](C)[C@@H](c4ccc(CO)cc4)O3)cc2)c1. The summed E-state index contributed by atoms with van der Waals surface area (Å²) in [5.74, 6) is 0.143. The third kappa shape index (κ3) is 7.52. The van der Waals surface area contributed by atoms with E-state index in [1.54, 1.807) is 0 Å². The van der Waals surface area contributed by atoms with Crippen LogP contribution in [-0.2, 0) is 27.4 Å². The average Bonchev–Trinajstić information content (AvgIpc) is 3.02. The van der Waals surface area contributed by atoms with E-state index in [0.29, 0.717) is 13.1 Å². The van der Waals surface area contributed by atoms with Crippen LogP contribution in [0, 0.1) is 5.92 Å². The fourth-order valence-corrected chi connectivity index (χ4v) is 5.47. The summed E-state index contributed by atoms with van der Waals surface area (Å²) in [6.07, 6.45) is -0.647. The van der Waals surface area contributed by atoms with E-state index in [2.05, 4.69) is 71.0 Å². The second-order valence-corrected chi connectivity index (χ2v) is 10.8. The predicted molar refractivity (Wildman–Crippen MR) is 158 cm³/mol. The third-order valence-electron chi connectivity index (χ3n) is 7.90. The number of benzene rings is 3. The van der Waals surface area contributed by atoms with Gasteiger partial charge in [-0.15, -0.1) is 0 Å². The van der Waals surface area contributed by atoms with Gasteiger partial charge in [-0.3, -0.25) is 4.90 Å². The maximum atomic E-state index is 11.8. The largest absolute Gasteiger partial charge is 0.392 e. The van der Waals surface area contributed by atoms with Gasteiger partial charge in [-0.2, -0.15) is 0 Å². The van der Waals surface area contributed by atoms with E-state index in [-0.39, 0.29) is 30.8 Å². The highest BCUT2D eigenvalue weighted by atomic mass is 16.7. The number of rotatable bonds is 9. The van der Waals surface area contributed by atoms with Crippen LogP contribution in [0.5, 0.6) is 0 Å². The average molecular weight is 560 g/mol. The number of ether oxygens (including phenoxy) is 3. The molecule has 2 fully saturated rings. The van der Waals surface area contributed by atoms with E-state index < -0.39 is 6.29 Å². The van der Waals surface area contributed by atoms with E-state index in [9.17, 15) is 9.90 Å². The molecule has 0 aromatic heterocycles. The highest BCUT2D eigenvalue weighted by Gasteiger charge is 2.39. The van der Waals surface area contributed by atoms with Crippen LogP contribution in [-0.4, -0.2) is 61.5 Å². The lowest BCUT2D eigenvalue weighted by Crippen LogP contribution is -2.47. The molecule has 3 N–H and O–H groups in total. The molecule has 2 heterocycles. The van der Waals surface area contributed by atoms with Crippen LogP contribution in [0.3, 0.4) is 0 Å². The molecule has 3 aromatic rings. The van der Waals surface area contributed by atoms with Crippen LogP contribution in [0.1, 0.15) is 48.5 Å². The van der Waals surface area contributed by atoms with Crippen molar-refractivity contribution in [3.05, 3.63) is 95.1 Å². The summed E-state index contributed by atoms with van der Waals surface area (Å²) in [5.41, 5.74) is 6.14. The molecule has 2 amide bonds. The van der Waals surface area contributed by atoms with Gasteiger partial charge in [-0.1, -0.05) is 73.7 Å². The molecule has 2 saturated heterocycles. The van der Waals surface area contributed by atoms with Crippen molar-refractivity contribution in [1.82, 2.24) is 15.5 Å². The minimum Gasteiger partial charge on any atom is -0.392 e. The zero-order valence-electron chi connectivity index (χ0n) is 23.9. The molecule has 2 aliphatic rings. The quantitative estimate of drug-likeness (QED) is 0.349. The number of aliphatic hydroxyl groups is 1. The fraction of sp³-hybridized carbons (Fsp3) is 0.424. The number of carbonyl (C=O) groups is 1. The Labute approximate surface area is 242 Å². The van der Waals surface area contributed by atoms with Gasteiger partial charge in [0.05, 0.1) is 32.0 Å². The number of amides is 2. The molecule has 0 saturated carbocycles. The summed E-state index contributed by atoms with van der Waals surface area (Å²) in [4.78, 5) is 14.2. The summed E-state index contributed by atoms with van der Waals surface area (Å²) in [5, 5.41) is 15.1. The summed E-state index contributed by atoms with van der Waals surface area (Å²) in [7, 11) is 0. The van der Waals surface area contributed by atoms with Crippen LogP contribution < -0.4 is 10.6 Å². The Morgan fingerprint density at radius 2 is 1.63 bits per heavy atom. The van der Waals surface area contributed by atoms with Crippen molar-refractivity contribution in [3.63, 3.8) is 0 Å². The van der Waals surface area contributed by atoms with Crippen molar-refractivity contribution >= 4 is 6.03 Å². The Kier molecular flexibility index (Phi) is 10.0. The molecular weight excluding hydrogens is 518 g/mol. The molecule has 5 rings (SSSR count). The molecule has 2 aliphatic heterocycles. The summed E-state index contributed by atoms with van der Waals surface area (Å²) < 4.78 is 18.8. The van der Waals surface area contributed by atoms with Crippen molar-refractivity contribution in [3.8, 4) is 11.1 Å². The van der Waals surface area contributed by atoms with Crippen molar-refractivity contribution in [2.24, 2.45) is 5.92 Å². The number of hydrogen-bond donors (Lipinski definition) is 3. The number of aliphatic hydroxyl groups excluding tert-OH is 1. The van der Waals surface area contributed by atoms with E-state index in [4.69, 9.17) is 14.2 Å². The second kappa shape index (κ2) is 14.1. The van der Waals surface area contributed by atoms with E-state index in [1.165, 1.54) is 0 Å². The lowest BCUT2D eigenvalue weighted by molar-refractivity contribution is -0.277. The molecule has 8 heteroatoms. The molecule has 3 aromatic carbocycles. The van der Waals surface area contributed by atoms with Crippen LogP contribution >= 0.6 is 0 Å². The standard InChI is InChI=1S/C33H41N3O5/c1-3-34-33(38)35-20-25-5-4-6-29(19-25)26-11-13-28(14-12-26)32-40-30(21-36-15-17-39-18-16-36)23(2)31(41-32)27-9-7-24(22-37)8-10-27/h4-14,19,23,30-32,37H,3,15-18,20-22H2,1-2H3,(H2,34,35,38)/t23-,30+,31+,32+/m1/s1. The number of hydrogen-bond acceptors (Lipinski definition) is 6. The number of nitrogens with one attached hydrogen (secondary N) is 2. The highest BCUT2D eigenvalue weighted by Crippen LogP contribution is 2.42. The zero-order valence-corrected chi connectivity index (χ0v) is 23.9.